The number of hydrogen-bond donors (Lipinski definition) is 1. The van der Waals surface area contributed by atoms with Gasteiger partial charge in [-0.1, -0.05) is 17.7 Å². The maximum Gasteiger partial charge on any atom is 0.335 e. The molecule has 1 aromatic carbocycles. The van der Waals surface area contributed by atoms with Crippen LogP contribution in [0.25, 0.3) is 0 Å². The highest BCUT2D eigenvalue weighted by Gasteiger charge is 2.19. The first-order chi connectivity index (χ1) is 6.68. The summed E-state index contributed by atoms with van der Waals surface area (Å²) in [5, 5.41) is 9.30. The lowest BCUT2D eigenvalue weighted by molar-refractivity contribution is -0.132. The number of benzene rings is 1. The maximum absolute atomic E-state index is 10.7. The quantitative estimate of drug-likeness (QED) is 0.773. The van der Waals surface area contributed by atoms with Gasteiger partial charge in [-0.05, 0) is 12.1 Å². The molecule has 0 bridgehead atoms. The Balaban J connectivity index is 2.40. The van der Waals surface area contributed by atoms with Crippen molar-refractivity contribution in [2.24, 2.45) is 0 Å². The Morgan fingerprint density at radius 1 is 1.50 bits per heavy atom. The van der Waals surface area contributed by atoms with Crippen molar-refractivity contribution in [2.45, 2.75) is 6.42 Å². The van der Waals surface area contributed by atoms with Crippen LogP contribution < -0.4 is 4.74 Å². The minimum absolute atomic E-state index is 0.214. The van der Waals surface area contributed by atoms with Gasteiger partial charge in [-0.25, -0.2) is 4.79 Å². The van der Waals surface area contributed by atoms with Crippen LogP contribution >= 0.6 is 11.6 Å². The summed E-state index contributed by atoms with van der Waals surface area (Å²) < 4.78 is 5.15. The molecule has 14 heavy (non-hydrogen) atoms. The number of carboxylic acid groups (broad SMARTS) is 1. The summed E-state index contributed by atoms with van der Waals surface area (Å²) in [5.41, 5.74) is 0.944. The van der Waals surface area contributed by atoms with Crippen LogP contribution in [-0.2, 0) is 11.2 Å². The topological polar surface area (TPSA) is 46.5 Å². The lowest BCUT2D eigenvalue weighted by Crippen LogP contribution is -2.10. The zero-order valence-corrected chi connectivity index (χ0v) is 7.91. The fraction of sp³-hybridized carbons (Fsp3) is 0.100. The van der Waals surface area contributed by atoms with Crippen LogP contribution in [0.15, 0.2) is 30.0 Å². The molecule has 1 heterocycles. The number of rotatable bonds is 1. The van der Waals surface area contributed by atoms with E-state index in [0.717, 1.165) is 5.56 Å². The Morgan fingerprint density at radius 3 is 3.00 bits per heavy atom. The van der Waals surface area contributed by atoms with Gasteiger partial charge in [-0.3, -0.25) is 0 Å². The minimum Gasteiger partial charge on any atom is -0.478 e. The summed E-state index contributed by atoms with van der Waals surface area (Å²) in [6, 6.07) is 5.24. The summed E-state index contributed by atoms with van der Waals surface area (Å²) in [4.78, 5) is 10.7. The van der Waals surface area contributed by atoms with Crippen LogP contribution in [-0.4, -0.2) is 11.1 Å². The third-order valence-electron chi connectivity index (χ3n) is 2.05. The standard InChI is InChI=1S/C10H7ClO3/c11-8-2-1-3-9-7(8)4-6(5-14-9)10(12)13/h1-3,5H,4H2,(H,12,13). The number of carbonyl (C=O) groups is 1. The predicted molar refractivity (Wildman–Crippen MR) is 51.5 cm³/mol. The summed E-state index contributed by atoms with van der Waals surface area (Å²) in [7, 11) is 0. The maximum atomic E-state index is 10.7. The third-order valence-corrected chi connectivity index (χ3v) is 2.40. The van der Waals surface area contributed by atoms with Crippen molar-refractivity contribution in [1.29, 1.82) is 0 Å². The molecule has 0 amide bonds. The molecule has 0 atom stereocenters. The van der Waals surface area contributed by atoms with Crippen LogP contribution in [0.3, 0.4) is 0 Å². The van der Waals surface area contributed by atoms with Gasteiger partial charge in [0.15, 0.2) is 0 Å². The van der Waals surface area contributed by atoms with Crippen LogP contribution in [0.1, 0.15) is 5.56 Å². The zero-order valence-electron chi connectivity index (χ0n) is 7.16. The molecule has 0 unspecified atom stereocenters. The number of fused-ring (bicyclic) bond motifs is 1. The molecule has 0 radical (unpaired) electrons. The van der Waals surface area contributed by atoms with Gasteiger partial charge >= 0.3 is 5.97 Å². The highest BCUT2D eigenvalue weighted by Crippen LogP contribution is 2.32. The molecule has 1 aliphatic heterocycles. The van der Waals surface area contributed by atoms with E-state index in [1.54, 1.807) is 18.2 Å². The number of carboxylic acids is 1. The Kier molecular flexibility index (Phi) is 2.17. The molecule has 0 aliphatic carbocycles. The van der Waals surface area contributed by atoms with Crippen LogP contribution in [0.4, 0.5) is 0 Å². The minimum atomic E-state index is -0.976. The lowest BCUT2D eigenvalue weighted by atomic mass is 10.0. The van der Waals surface area contributed by atoms with Crippen LogP contribution in [0.2, 0.25) is 5.02 Å². The molecule has 0 saturated heterocycles. The van der Waals surface area contributed by atoms with E-state index in [9.17, 15) is 4.79 Å². The molecular formula is C10H7ClO3. The highest BCUT2D eigenvalue weighted by atomic mass is 35.5. The SMILES string of the molecule is O=C(O)C1=COc2cccc(Cl)c2C1. The highest BCUT2D eigenvalue weighted by molar-refractivity contribution is 6.31. The number of ether oxygens (including phenoxy) is 1. The molecule has 0 aromatic heterocycles. The molecule has 1 aromatic rings. The van der Waals surface area contributed by atoms with Crippen molar-refractivity contribution < 1.29 is 14.6 Å². The fourth-order valence-corrected chi connectivity index (χ4v) is 1.55. The molecule has 72 valence electrons. The summed E-state index contributed by atoms with van der Waals surface area (Å²) in [6.07, 6.45) is 1.56. The van der Waals surface area contributed by atoms with E-state index in [1.807, 2.05) is 0 Å². The molecule has 1 aliphatic rings. The van der Waals surface area contributed by atoms with Crippen molar-refractivity contribution >= 4 is 17.6 Å². The Morgan fingerprint density at radius 2 is 2.29 bits per heavy atom. The van der Waals surface area contributed by atoms with Gasteiger partial charge in [0.05, 0.1) is 5.57 Å². The fourth-order valence-electron chi connectivity index (χ4n) is 1.31. The molecular weight excluding hydrogens is 204 g/mol. The van der Waals surface area contributed by atoms with Gasteiger partial charge in [0.1, 0.15) is 12.0 Å². The van der Waals surface area contributed by atoms with Gasteiger partial charge in [0, 0.05) is 17.0 Å². The van der Waals surface area contributed by atoms with Crippen molar-refractivity contribution in [2.75, 3.05) is 0 Å². The Labute approximate surface area is 85.6 Å². The predicted octanol–water partition coefficient (Wildman–Crippen LogP) is 2.24. The molecule has 0 spiro atoms. The normalized spacial score (nSPS) is 13.9. The monoisotopic (exact) mass is 210 g/mol. The lowest BCUT2D eigenvalue weighted by Gasteiger charge is -2.15. The molecule has 4 heteroatoms. The second-order valence-electron chi connectivity index (χ2n) is 2.96. The number of hydrogen-bond acceptors (Lipinski definition) is 2. The van der Waals surface area contributed by atoms with Gasteiger partial charge < -0.3 is 9.84 Å². The molecule has 0 saturated carbocycles. The summed E-state index contributed by atoms with van der Waals surface area (Å²) in [6.45, 7) is 0. The molecule has 2 rings (SSSR count). The smallest absolute Gasteiger partial charge is 0.335 e. The largest absolute Gasteiger partial charge is 0.478 e. The molecule has 3 nitrogen and oxygen atoms in total. The second-order valence-corrected chi connectivity index (χ2v) is 3.37. The van der Waals surface area contributed by atoms with E-state index in [2.05, 4.69) is 0 Å². The number of aliphatic carboxylic acids is 1. The van der Waals surface area contributed by atoms with Gasteiger partial charge in [0.25, 0.3) is 0 Å². The first kappa shape index (κ1) is 9.09. The van der Waals surface area contributed by atoms with Gasteiger partial charge in [-0.2, -0.15) is 0 Å². The average Bonchev–Trinajstić information content (AvgIpc) is 2.18. The van der Waals surface area contributed by atoms with Crippen molar-refractivity contribution in [1.82, 2.24) is 0 Å². The molecule has 0 fully saturated rings. The van der Waals surface area contributed by atoms with Crippen molar-refractivity contribution in [3.63, 3.8) is 0 Å². The first-order valence-corrected chi connectivity index (χ1v) is 4.42. The number of halogens is 1. The first-order valence-electron chi connectivity index (χ1n) is 4.05. The van der Waals surface area contributed by atoms with Crippen molar-refractivity contribution in [3.05, 3.63) is 40.6 Å². The van der Waals surface area contributed by atoms with Gasteiger partial charge in [0.2, 0.25) is 0 Å². The average molecular weight is 211 g/mol. The van der Waals surface area contributed by atoms with E-state index in [0.29, 0.717) is 17.2 Å². The van der Waals surface area contributed by atoms with E-state index in [-0.39, 0.29) is 5.57 Å². The van der Waals surface area contributed by atoms with Crippen LogP contribution in [0.5, 0.6) is 5.75 Å². The summed E-state index contributed by atoms with van der Waals surface area (Å²) in [5.74, 6) is -0.349. The van der Waals surface area contributed by atoms with Gasteiger partial charge in [-0.15, -0.1) is 0 Å². The Hall–Kier alpha value is -1.48. The van der Waals surface area contributed by atoms with Crippen molar-refractivity contribution in [3.8, 4) is 5.75 Å². The van der Waals surface area contributed by atoms with Crippen LogP contribution in [0, 0.1) is 0 Å². The van der Waals surface area contributed by atoms with E-state index in [4.69, 9.17) is 21.4 Å². The Bertz CT molecular complexity index is 423. The zero-order chi connectivity index (χ0) is 10.1. The van der Waals surface area contributed by atoms with E-state index < -0.39 is 5.97 Å². The van der Waals surface area contributed by atoms with E-state index in [1.165, 1.54) is 6.26 Å². The molecule has 1 N–H and O–H groups in total. The van der Waals surface area contributed by atoms with E-state index >= 15 is 0 Å². The second kappa shape index (κ2) is 3.35. The third kappa shape index (κ3) is 1.46. The summed E-state index contributed by atoms with van der Waals surface area (Å²) >= 11 is 5.91.